The van der Waals surface area contributed by atoms with Crippen LogP contribution in [0.15, 0.2) is 65.1 Å². The highest BCUT2D eigenvalue weighted by atomic mass is 19.1. The van der Waals surface area contributed by atoms with E-state index in [4.69, 9.17) is 13.9 Å². The molecule has 29 heavy (non-hydrogen) atoms. The number of halogens is 1. The maximum absolute atomic E-state index is 13.7. The summed E-state index contributed by atoms with van der Waals surface area (Å²) >= 11 is 0. The van der Waals surface area contributed by atoms with Gasteiger partial charge < -0.3 is 13.9 Å². The molecule has 0 unspecified atom stereocenters. The Bertz CT molecular complexity index is 988. The zero-order valence-electron chi connectivity index (χ0n) is 15.6. The maximum Gasteiger partial charge on any atom is 0.305 e. The molecule has 3 aromatic rings. The van der Waals surface area contributed by atoms with E-state index in [1.807, 2.05) is 18.2 Å². The second kappa shape index (κ2) is 9.41. The van der Waals surface area contributed by atoms with E-state index in [0.29, 0.717) is 17.1 Å². The van der Waals surface area contributed by atoms with Gasteiger partial charge >= 0.3 is 5.91 Å². The molecule has 0 bridgehead atoms. The molecule has 150 valence electrons. The summed E-state index contributed by atoms with van der Waals surface area (Å²) in [5, 5.41) is 0. The molecule has 3 rings (SSSR count). The van der Waals surface area contributed by atoms with Crippen molar-refractivity contribution in [3.05, 3.63) is 83.6 Å². The number of benzene rings is 2. The molecule has 2 amide bonds. The van der Waals surface area contributed by atoms with Crippen molar-refractivity contribution in [1.29, 1.82) is 0 Å². The third-order valence-electron chi connectivity index (χ3n) is 3.91. The fourth-order valence-electron chi connectivity index (χ4n) is 2.49. The Labute approximate surface area is 166 Å². The summed E-state index contributed by atoms with van der Waals surface area (Å²) in [5.41, 5.74) is 4.95. The first-order valence-electron chi connectivity index (χ1n) is 8.73. The summed E-state index contributed by atoms with van der Waals surface area (Å²) in [6.07, 6.45) is -0.116. The number of hydrogen-bond acceptors (Lipinski definition) is 5. The Morgan fingerprint density at radius 2 is 1.83 bits per heavy atom. The van der Waals surface area contributed by atoms with E-state index in [1.165, 1.54) is 25.3 Å². The Balaban J connectivity index is 1.47. The van der Waals surface area contributed by atoms with Gasteiger partial charge in [-0.1, -0.05) is 24.3 Å². The highest BCUT2D eigenvalue weighted by Crippen LogP contribution is 2.18. The molecule has 0 atom stereocenters. The molecule has 1 heterocycles. The fourth-order valence-corrected chi connectivity index (χ4v) is 2.49. The predicted molar refractivity (Wildman–Crippen MR) is 102 cm³/mol. The fraction of sp³-hybridized carbons (Fsp3) is 0.143. The van der Waals surface area contributed by atoms with E-state index in [1.54, 1.807) is 24.3 Å². The van der Waals surface area contributed by atoms with Crippen LogP contribution in [0.2, 0.25) is 0 Å². The highest BCUT2D eigenvalue weighted by molar-refractivity contribution is 5.93. The van der Waals surface area contributed by atoms with Crippen LogP contribution in [0.5, 0.6) is 11.5 Å². The second-order valence-corrected chi connectivity index (χ2v) is 6.02. The Morgan fingerprint density at radius 3 is 2.55 bits per heavy atom. The van der Waals surface area contributed by atoms with Crippen LogP contribution >= 0.6 is 0 Å². The zero-order chi connectivity index (χ0) is 20.6. The Morgan fingerprint density at radius 1 is 1.03 bits per heavy atom. The van der Waals surface area contributed by atoms with E-state index in [9.17, 15) is 14.0 Å². The SMILES string of the molecule is COc1ccc(CC(=O)NNC(=O)c2ccc(COc3ccccc3)o2)cc1F. The average Bonchev–Trinajstić information content (AvgIpc) is 3.21. The summed E-state index contributed by atoms with van der Waals surface area (Å²) in [6.45, 7) is 0.159. The third kappa shape index (κ3) is 5.58. The van der Waals surface area contributed by atoms with Crippen molar-refractivity contribution in [2.45, 2.75) is 13.0 Å². The Kier molecular flexibility index (Phi) is 6.47. The quantitative estimate of drug-likeness (QED) is 0.597. The molecule has 0 radical (unpaired) electrons. The summed E-state index contributed by atoms with van der Waals surface area (Å²) in [4.78, 5) is 24.0. The van der Waals surface area contributed by atoms with Crippen molar-refractivity contribution in [3.63, 3.8) is 0 Å². The van der Waals surface area contributed by atoms with Crippen molar-refractivity contribution in [2.75, 3.05) is 7.11 Å². The van der Waals surface area contributed by atoms with Crippen molar-refractivity contribution >= 4 is 11.8 Å². The lowest BCUT2D eigenvalue weighted by Gasteiger charge is -2.07. The van der Waals surface area contributed by atoms with E-state index in [-0.39, 0.29) is 24.5 Å². The van der Waals surface area contributed by atoms with Crippen LogP contribution in [-0.2, 0) is 17.8 Å². The zero-order valence-corrected chi connectivity index (χ0v) is 15.6. The molecular formula is C21H19FN2O5. The predicted octanol–water partition coefficient (Wildman–Crippen LogP) is 3.01. The summed E-state index contributed by atoms with van der Waals surface area (Å²) in [6, 6.07) is 16.5. The number of amides is 2. The molecule has 0 saturated heterocycles. The molecular weight excluding hydrogens is 379 g/mol. The van der Waals surface area contributed by atoms with E-state index in [0.717, 1.165) is 0 Å². The van der Waals surface area contributed by atoms with Gasteiger partial charge in [-0.25, -0.2) is 4.39 Å². The standard InChI is InChI=1S/C21H19FN2O5/c1-27-18-9-7-14(11-17(18)22)12-20(25)23-24-21(26)19-10-8-16(29-19)13-28-15-5-3-2-4-6-15/h2-11H,12-13H2,1H3,(H,23,25)(H,24,26). The molecule has 2 N–H and O–H groups in total. The number of hydrogen-bond donors (Lipinski definition) is 2. The van der Waals surface area contributed by atoms with Crippen molar-refractivity contribution in [2.24, 2.45) is 0 Å². The molecule has 0 aliphatic rings. The minimum atomic E-state index is -0.620. The first kappa shape index (κ1) is 19.9. The monoisotopic (exact) mass is 398 g/mol. The number of para-hydroxylation sites is 1. The van der Waals surface area contributed by atoms with Crippen LogP contribution in [-0.4, -0.2) is 18.9 Å². The molecule has 7 nitrogen and oxygen atoms in total. The smallest absolute Gasteiger partial charge is 0.305 e. The van der Waals surface area contributed by atoms with Gasteiger partial charge in [0.25, 0.3) is 0 Å². The third-order valence-corrected chi connectivity index (χ3v) is 3.91. The topological polar surface area (TPSA) is 89.8 Å². The number of nitrogens with one attached hydrogen (secondary N) is 2. The van der Waals surface area contributed by atoms with E-state index < -0.39 is 17.6 Å². The van der Waals surface area contributed by atoms with Gasteiger partial charge in [0.15, 0.2) is 17.3 Å². The van der Waals surface area contributed by atoms with Crippen LogP contribution in [0.1, 0.15) is 21.9 Å². The lowest BCUT2D eigenvalue weighted by atomic mass is 10.1. The van der Waals surface area contributed by atoms with Gasteiger partial charge in [0, 0.05) is 0 Å². The van der Waals surface area contributed by atoms with Gasteiger partial charge in [-0.2, -0.15) is 0 Å². The van der Waals surface area contributed by atoms with Gasteiger partial charge in [-0.15, -0.1) is 0 Å². The van der Waals surface area contributed by atoms with Gasteiger partial charge in [0.2, 0.25) is 5.91 Å². The maximum atomic E-state index is 13.7. The molecule has 0 spiro atoms. The number of ether oxygens (including phenoxy) is 2. The first-order chi connectivity index (χ1) is 14.0. The van der Waals surface area contributed by atoms with Crippen LogP contribution in [0.4, 0.5) is 4.39 Å². The highest BCUT2D eigenvalue weighted by Gasteiger charge is 2.13. The van der Waals surface area contributed by atoms with Gasteiger partial charge in [0.1, 0.15) is 18.1 Å². The van der Waals surface area contributed by atoms with Crippen LogP contribution < -0.4 is 20.3 Å². The normalized spacial score (nSPS) is 10.3. The first-order valence-corrected chi connectivity index (χ1v) is 8.73. The summed E-state index contributed by atoms with van der Waals surface area (Å²) in [5.74, 6) is -0.453. The number of rotatable bonds is 7. The summed E-state index contributed by atoms with van der Waals surface area (Å²) in [7, 11) is 1.36. The van der Waals surface area contributed by atoms with Gasteiger partial charge in [-0.3, -0.25) is 20.4 Å². The number of carbonyl (C=O) groups is 2. The summed E-state index contributed by atoms with van der Waals surface area (Å²) < 4.78 is 29.4. The van der Waals surface area contributed by atoms with Crippen molar-refractivity contribution in [1.82, 2.24) is 10.9 Å². The van der Waals surface area contributed by atoms with Gasteiger partial charge in [-0.05, 0) is 42.0 Å². The molecule has 0 aliphatic heterocycles. The second-order valence-electron chi connectivity index (χ2n) is 6.02. The lowest BCUT2D eigenvalue weighted by Crippen LogP contribution is -2.42. The molecule has 0 saturated carbocycles. The molecule has 8 heteroatoms. The van der Waals surface area contributed by atoms with E-state index >= 15 is 0 Å². The largest absolute Gasteiger partial charge is 0.494 e. The van der Waals surface area contributed by atoms with Crippen LogP contribution in [0.25, 0.3) is 0 Å². The minimum Gasteiger partial charge on any atom is -0.494 e. The number of furan rings is 1. The molecule has 1 aromatic heterocycles. The number of methoxy groups -OCH3 is 1. The molecule has 0 aliphatic carbocycles. The number of hydrazine groups is 1. The molecule has 0 fully saturated rings. The minimum absolute atomic E-state index is 0.0208. The number of carbonyl (C=O) groups excluding carboxylic acids is 2. The molecule has 2 aromatic carbocycles. The lowest BCUT2D eigenvalue weighted by molar-refractivity contribution is -0.121. The van der Waals surface area contributed by atoms with Gasteiger partial charge in [0.05, 0.1) is 13.5 Å². The van der Waals surface area contributed by atoms with Crippen LogP contribution in [0, 0.1) is 5.82 Å². The Hall–Kier alpha value is -3.81. The van der Waals surface area contributed by atoms with Crippen molar-refractivity contribution in [3.8, 4) is 11.5 Å². The average molecular weight is 398 g/mol. The van der Waals surface area contributed by atoms with Crippen LogP contribution in [0.3, 0.4) is 0 Å². The van der Waals surface area contributed by atoms with E-state index in [2.05, 4.69) is 10.9 Å². The van der Waals surface area contributed by atoms with Crippen molar-refractivity contribution < 1.29 is 27.9 Å².